The molecular weight excluding hydrogens is 387 g/mol. The Bertz CT molecular complexity index is 462. The normalized spacial score (nSPS) is 14.9. The average Bonchev–Trinajstić information content (AvgIpc) is 2.52. The second-order valence-electron chi connectivity index (χ2n) is 5.48. The van der Waals surface area contributed by atoms with Crippen molar-refractivity contribution in [1.29, 1.82) is 0 Å². The highest BCUT2D eigenvalue weighted by atomic mass is 127. The summed E-state index contributed by atoms with van der Waals surface area (Å²) in [5.74, 6) is 0.941. The Kier molecular flexibility index (Phi) is 9.47. The molecule has 2 N–H and O–H groups in total. The molecule has 0 radical (unpaired) electrons. The first-order chi connectivity index (χ1) is 10.3. The Morgan fingerprint density at radius 2 is 1.95 bits per heavy atom. The number of rotatable bonds is 6. The molecule has 0 spiro atoms. The molecule has 2 rings (SSSR count). The molecule has 0 aromatic heterocycles. The third kappa shape index (κ3) is 6.12. The fourth-order valence-electron chi connectivity index (χ4n) is 2.64. The third-order valence-corrected chi connectivity index (χ3v) is 3.77. The van der Waals surface area contributed by atoms with Crippen molar-refractivity contribution in [2.45, 2.75) is 33.2 Å². The fraction of sp³-hybridized carbons (Fsp3) is 0.588. The topological polar surface area (TPSA) is 39.7 Å². The van der Waals surface area contributed by atoms with E-state index in [-0.39, 0.29) is 24.0 Å². The second-order valence-corrected chi connectivity index (χ2v) is 5.48. The lowest BCUT2D eigenvalue weighted by atomic mass is 10.00. The number of benzene rings is 1. The molecular formula is C17H29IN4. The molecule has 1 aromatic carbocycles. The molecule has 0 amide bonds. The largest absolute Gasteiger partial charge is 0.357 e. The lowest BCUT2D eigenvalue weighted by molar-refractivity contribution is 0.258. The summed E-state index contributed by atoms with van der Waals surface area (Å²) in [6.45, 7) is 10.3. The van der Waals surface area contributed by atoms with E-state index in [9.17, 15) is 0 Å². The molecule has 124 valence electrons. The van der Waals surface area contributed by atoms with Crippen LogP contribution in [0.4, 0.5) is 0 Å². The van der Waals surface area contributed by atoms with Crippen LogP contribution in [0, 0.1) is 0 Å². The first-order valence-corrected chi connectivity index (χ1v) is 8.14. The minimum Gasteiger partial charge on any atom is -0.357 e. The average molecular weight is 416 g/mol. The van der Waals surface area contributed by atoms with Gasteiger partial charge in [-0.2, -0.15) is 0 Å². The number of guanidine groups is 1. The molecule has 1 aliphatic rings. The van der Waals surface area contributed by atoms with E-state index >= 15 is 0 Å². The highest BCUT2D eigenvalue weighted by Gasteiger charge is 2.14. The maximum atomic E-state index is 4.53. The van der Waals surface area contributed by atoms with Crippen molar-refractivity contribution in [2.75, 3.05) is 32.7 Å². The molecule has 0 bridgehead atoms. The van der Waals surface area contributed by atoms with Gasteiger partial charge in [-0.1, -0.05) is 31.2 Å². The van der Waals surface area contributed by atoms with Gasteiger partial charge in [-0.15, -0.1) is 24.0 Å². The predicted octanol–water partition coefficient (Wildman–Crippen LogP) is 2.63. The van der Waals surface area contributed by atoms with Crippen LogP contribution < -0.4 is 10.6 Å². The number of hydrogen-bond acceptors (Lipinski definition) is 2. The van der Waals surface area contributed by atoms with Crippen LogP contribution in [-0.2, 0) is 13.0 Å². The summed E-state index contributed by atoms with van der Waals surface area (Å²) < 4.78 is 0. The van der Waals surface area contributed by atoms with Crippen molar-refractivity contribution >= 4 is 29.9 Å². The van der Waals surface area contributed by atoms with E-state index in [2.05, 4.69) is 58.6 Å². The molecule has 0 saturated heterocycles. The van der Waals surface area contributed by atoms with Gasteiger partial charge in [0.2, 0.25) is 0 Å². The molecule has 1 aliphatic heterocycles. The standard InChI is InChI=1S/C17H28N4.HI/c1-3-10-19-17(18-4-2)20-11-13-21-12-9-15-7-5-6-8-16(15)14-21;/h5-8H,3-4,9-14H2,1-2H3,(H2,18,19,20);1H. The molecule has 22 heavy (non-hydrogen) atoms. The minimum absolute atomic E-state index is 0. The van der Waals surface area contributed by atoms with Gasteiger partial charge in [-0.05, 0) is 30.9 Å². The van der Waals surface area contributed by atoms with Gasteiger partial charge < -0.3 is 10.6 Å². The molecule has 1 aromatic rings. The van der Waals surface area contributed by atoms with Crippen molar-refractivity contribution in [3.63, 3.8) is 0 Å². The minimum atomic E-state index is 0. The van der Waals surface area contributed by atoms with Gasteiger partial charge in [0.25, 0.3) is 0 Å². The Labute approximate surface area is 151 Å². The molecule has 0 unspecified atom stereocenters. The maximum absolute atomic E-state index is 4.53. The van der Waals surface area contributed by atoms with Gasteiger partial charge in [-0.25, -0.2) is 0 Å². The first-order valence-electron chi connectivity index (χ1n) is 8.14. The van der Waals surface area contributed by atoms with Crippen LogP contribution in [0.5, 0.6) is 0 Å². The van der Waals surface area contributed by atoms with Crippen LogP contribution in [0.25, 0.3) is 0 Å². The van der Waals surface area contributed by atoms with Crippen LogP contribution >= 0.6 is 24.0 Å². The number of nitrogens with zero attached hydrogens (tertiary/aromatic N) is 2. The van der Waals surface area contributed by atoms with E-state index in [0.717, 1.165) is 51.6 Å². The summed E-state index contributed by atoms with van der Waals surface area (Å²) in [4.78, 5) is 7.04. The molecule has 0 saturated carbocycles. The summed E-state index contributed by atoms with van der Waals surface area (Å²) in [7, 11) is 0. The molecule has 0 atom stereocenters. The van der Waals surface area contributed by atoms with Gasteiger partial charge in [-0.3, -0.25) is 9.89 Å². The zero-order valence-electron chi connectivity index (χ0n) is 13.8. The smallest absolute Gasteiger partial charge is 0.191 e. The summed E-state index contributed by atoms with van der Waals surface area (Å²) in [6.07, 6.45) is 2.25. The first kappa shape index (κ1) is 19.2. The van der Waals surface area contributed by atoms with Crippen LogP contribution in [0.3, 0.4) is 0 Å². The number of fused-ring (bicyclic) bond motifs is 1. The Balaban J connectivity index is 0.00000242. The highest BCUT2D eigenvalue weighted by molar-refractivity contribution is 14.0. The van der Waals surface area contributed by atoms with Crippen molar-refractivity contribution in [3.05, 3.63) is 35.4 Å². The van der Waals surface area contributed by atoms with E-state index in [0.29, 0.717) is 0 Å². The number of hydrogen-bond donors (Lipinski definition) is 2. The second kappa shape index (κ2) is 10.8. The fourth-order valence-corrected chi connectivity index (χ4v) is 2.64. The summed E-state index contributed by atoms with van der Waals surface area (Å²) in [6, 6.07) is 8.79. The van der Waals surface area contributed by atoms with Crippen LogP contribution in [0.1, 0.15) is 31.4 Å². The van der Waals surface area contributed by atoms with Crippen LogP contribution in [0.15, 0.2) is 29.3 Å². The van der Waals surface area contributed by atoms with Gasteiger partial charge in [0.15, 0.2) is 5.96 Å². The third-order valence-electron chi connectivity index (χ3n) is 3.77. The number of nitrogens with one attached hydrogen (secondary N) is 2. The van der Waals surface area contributed by atoms with Crippen molar-refractivity contribution < 1.29 is 0 Å². The Morgan fingerprint density at radius 3 is 2.68 bits per heavy atom. The van der Waals surface area contributed by atoms with Crippen LogP contribution in [0.2, 0.25) is 0 Å². The molecule has 0 fully saturated rings. The van der Waals surface area contributed by atoms with Gasteiger partial charge >= 0.3 is 0 Å². The van der Waals surface area contributed by atoms with Gasteiger partial charge in [0.05, 0.1) is 0 Å². The quantitative estimate of drug-likeness (QED) is 0.426. The molecule has 1 heterocycles. The van der Waals surface area contributed by atoms with Crippen LogP contribution in [-0.4, -0.2) is 43.6 Å². The summed E-state index contributed by atoms with van der Waals surface area (Å²) in [5, 5.41) is 6.72. The number of aliphatic imine (C=N–C) groups is 1. The van der Waals surface area contributed by atoms with Gasteiger partial charge in [0.1, 0.15) is 0 Å². The Hall–Kier alpha value is -0.820. The van der Waals surface area contributed by atoms with E-state index in [4.69, 9.17) is 0 Å². The van der Waals surface area contributed by atoms with E-state index < -0.39 is 0 Å². The van der Waals surface area contributed by atoms with Gasteiger partial charge in [0, 0.05) is 39.3 Å². The van der Waals surface area contributed by atoms with Crippen molar-refractivity contribution in [1.82, 2.24) is 15.5 Å². The lowest BCUT2D eigenvalue weighted by Gasteiger charge is -2.28. The summed E-state index contributed by atoms with van der Waals surface area (Å²) in [5.41, 5.74) is 3.00. The highest BCUT2D eigenvalue weighted by Crippen LogP contribution is 2.17. The number of halogens is 1. The molecule has 4 nitrogen and oxygen atoms in total. The van der Waals surface area contributed by atoms with E-state index in [1.807, 2.05) is 0 Å². The Morgan fingerprint density at radius 1 is 1.18 bits per heavy atom. The maximum Gasteiger partial charge on any atom is 0.191 e. The van der Waals surface area contributed by atoms with Crippen molar-refractivity contribution in [3.8, 4) is 0 Å². The lowest BCUT2D eigenvalue weighted by Crippen LogP contribution is -2.42. The zero-order chi connectivity index (χ0) is 14.9. The van der Waals surface area contributed by atoms with E-state index in [1.54, 1.807) is 0 Å². The zero-order valence-corrected chi connectivity index (χ0v) is 16.1. The predicted molar refractivity (Wildman–Crippen MR) is 105 cm³/mol. The molecule has 5 heteroatoms. The molecule has 0 aliphatic carbocycles. The van der Waals surface area contributed by atoms with E-state index in [1.165, 1.54) is 17.5 Å². The SMILES string of the molecule is CCCN=C(NCC)NCCN1CCc2ccccc2C1.I. The van der Waals surface area contributed by atoms with Crippen molar-refractivity contribution in [2.24, 2.45) is 4.99 Å². The monoisotopic (exact) mass is 416 g/mol. The summed E-state index contributed by atoms with van der Waals surface area (Å²) >= 11 is 0.